The number of hydrogen-bond donors (Lipinski definition) is 1. The van der Waals surface area contributed by atoms with Crippen LogP contribution in [0.2, 0.25) is 0 Å². The third kappa shape index (κ3) is 3.65. The number of rotatable bonds is 6. The van der Waals surface area contributed by atoms with E-state index in [1.165, 1.54) is 11.8 Å². The predicted molar refractivity (Wildman–Crippen MR) is 96.1 cm³/mol. The maximum absolute atomic E-state index is 11.0. The fourth-order valence-corrected chi connectivity index (χ4v) is 3.29. The Labute approximate surface area is 144 Å². The van der Waals surface area contributed by atoms with Crippen molar-refractivity contribution in [2.24, 2.45) is 5.73 Å². The number of carbonyl (C=O) groups is 1. The molecule has 1 aromatic heterocycles. The molecule has 0 radical (unpaired) electrons. The smallest absolute Gasteiger partial charge is 0.218 e. The number of aryl methyl sites for hydroxylation is 1. The first-order chi connectivity index (χ1) is 11.6. The Balaban J connectivity index is 2.03. The van der Waals surface area contributed by atoms with Crippen LogP contribution in [0.15, 0.2) is 59.8 Å². The second kappa shape index (κ2) is 7.31. The van der Waals surface area contributed by atoms with Crippen molar-refractivity contribution >= 4 is 17.7 Å². The van der Waals surface area contributed by atoms with Gasteiger partial charge in [-0.05, 0) is 25.1 Å². The summed E-state index contributed by atoms with van der Waals surface area (Å²) >= 11 is 1.48. The van der Waals surface area contributed by atoms with Crippen LogP contribution in [0.4, 0.5) is 0 Å². The first-order valence-corrected chi connectivity index (χ1v) is 8.62. The number of para-hydroxylation sites is 1. The van der Waals surface area contributed by atoms with E-state index < -0.39 is 0 Å². The van der Waals surface area contributed by atoms with Gasteiger partial charge in [-0.1, -0.05) is 53.7 Å². The van der Waals surface area contributed by atoms with Crippen molar-refractivity contribution in [3.8, 4) is 17.1 Å². The molecule has 0 saturated carbocycles. The lowest BCUT2D eigenvalue weighted by Crippen LogP contribution is -2.11. The number of nitrogens with zero attached hydrogens (tertiary/aromatic N) is 3. The molecule has 1 amide bonds. The fourth-order valence-electron chi connectivity index (χ4n) is 2.39. The van der Waals surface area contributed by atoms with E-state index in [0.717, 1.165) is 27.8 Å². The molecule has 1 heterocycles. The number of hydrogen-bond acceptors (Lipinski definition) is 4. The summed E-state index contributed by atoms with van der Waals surface area (Å²) in [6.45, 7) is 2.05. The molecule has 0 spiro atoms. The van der Waals surface area contributed by atoms with E-state index in [1.807, 2.05) is 47.0 Å². The minimum Gasteiger partial charge on any atom is -0.370 e. The van der Waals surface area contributed by atoms with Gasteiger partial charge in [-0.3, -0.25) is 9.36 Å². The maximum Gasteiger partial charge on any atom is 0.218 e. The molecule has 0 aliphatic carbocycles. The Bertz CT molecular complexity index is 845. The lowest BCUT2D eigenvalue weighted by atomic mass is 10.1. The highest BCUT2D eigenvalue weighted by Crippen LogP contribution is 2.28. The minimum atomic E-state index is -0.313. The molecule has 122 valence electrons. The van der Waals surface area contributed by atoms with Gasteiger partial charge in [0, 0.05) is 23.4 Å². The monoisotopic (exact) mass is 338 g/mol. The van der Waals surface area contributed by atoms with Gasteiger partial charge in [0.25, 0.3) is 0 Å². The van der Waals surface area contributed by atoms with Gasteiger partial charge in [0.2, 0.25) is 5.91 Å². The standard InChI is InChI=1S/C18H18N4OS/c1-13-6-5-7-14(12-13)17-20-21-18(24-11-10-16(19)23)22(17)15-8-3-2-4-9-15/h2-9,12H,10-11H2,1H3,(H2,19,23). The van der Waals surface area contributed by atoms with Crippen LogP contribution in [0.1, 0.15) is 12.0 Å². The molecule has 5 nitrogen and oxygen atoms in total. The third-order valence-electron chi connectivity index (χ3n) is 3.50. The topological polar surface area (TPSA) is 73.8 Å². The summed E-state index contributed by atoms with van der Waals surface area (Å²) in [5.41, 5.74) is 8.38. The van der Waals surface area contributed by atoms with Crippen molar-refractivity contribution in [3.05, 3.63) is 60.2 Å². The highest BCUT2D eigenvalue weighted by atomic mass is 32.2. The number of benzene rings is 2. The largest absolute Gasteiger partial charge is 0.370 e. The number of nitrogens with two attached hydrogens (primary N) is 1. The van der Waals surface area contributed by atoms with Gasteiger partial charge in [0.15, 0.2) is 11.0 Å². The van der Waals surface area contributed by atoms with Crippen LogP contribution in [0, 0.1) is 6.92 Å². The zero-order valence-corrected chi connectivity index (χ0v) is 14.2. The summed E-state index contributed by atoms with van der Waals surface area (Å²) in [7, 11) is 0. The van der Waals surface area contributed by atoms with E-state index in [1.54, 1.807) is 0 Å². The first-order valence-electron chi connectivity index (χ1n) is 7.64. The number of thioether (sulfide) groups is 1. The molecule has 0 unspecified atom stereocenters. The number of aromatic nitrogens is 3. The molecule has 2 aromatic carbocycles. The van der Waals surface area contributed by atoms with Gasteiger partial charge in [0.1, 0.15) is 0 Å². The molecule has 6 heteroatoms. The Morgan fingerprint density at radius 2 is 1.92 bits per heavy atom. The Morgan fingerprint density at radius 1 is 1.12 bits per heavy atom. The van der Waals surface area contributed by atoms with E-state index in [4.69, 9.17) is 5.73 Å². The average molecular weight is 338 g/mol. The molecular formula is C18H18N4OS. The van der Waals surface area contributed by atoms with E-state index >= 15 is 0 Å². The maximum atomic E-state index is 11.0. The lowest BCUT2D eigenvalue weighted by Gasteiger charge is -2.10. The van der Waals surface area contributed by atoms with Crippen LogP contribution in [0.25, 0.3) is 17.1 Å². The quantitative estimate of drug-likeness (QED) is 0.700. The molecule has 0 atom stereocenters. The molecule has 0 aliphatic rings. The van der Waals surface area contributed by atoms with E-state index in [9.17, 15) is 4.79 Å². The van der Waals surface area contributed by atoms with E-state index in [0.29, 0.717) is 12.2 Å². The van der Waals surface area contributed by atoms with Crippen LogP contribution in [-0.2, 0) is 4.79 Å². The summed E-state index contributed by atoms with van der Waals surface area (Å²) in [6, 6.07) is 18.1. The second-order valence-electron chi connectivity index (χ2n) is 5.41. The molecular weight excluding hydrogens is 320 g/mol. The van der Waals surface area contributed by atoms with Gasteiger partial charge >= 0.3 is 0 Å². The van der Waals surface area contributed by atoms with Crippen LogP contribution < -0.4 is 5.73 Å². The molecule has 2 N–H and O–H groups in total. The molecule has 0 fully saturated rings. The Hall–Kier alpha value is -2.60. The zero-order chi connectivity index (χ0) is 16.9. The van der Waals surface area contributed by atoms with Gasteiger partial charge in [-0.15, -0.1) is 10.2 Å². The van der Waals surface area contributed by atoms with Crippen molar-refractivity contribution in [1.29, 1.82) is 0 Å². The van der Waals surface area contributed by atoms with Crippen LogP contribution in [0.3, 0.4) is 0 Å². The predicted octanol–water partition coefficient (Wildman–Crippen LogP) is 3.21. The summed E-state index contributed by atoms with van der Waals surface area (Å²) < 4.78 is 2.01. The number of carbonyl (C=O) groups excluding carboxylic acids is 1. The Kier molecular flexibility index (Phi) is 4.96. The average Bonchev–Trinajstić information content (AvgIpc) is 2.99. The molecule has 0 saturated heterocycles. The van der Waals surface area contributed by atoms with Crippen molar-refractivity contribution < 1.29 is 4.79 Å². The van der Waals surface area contributed by atoms with Gasteiger partial charge < -0.3 is 5.73 Å². The summed E-state index contributed by atoms with van der Waals surface area (Å²) in [6.07, 6.45) is 0.312. The highest BCUT2D eigenvalue weighted by molar-refractivity contribution is 7.99. The fraction of sp³-hybridized carbons (Fsp3) is 0.167. The SMILES string of the molecule is Cc1cccc(-c2nnc(SCCC(N)=O)n2-c2ccccc2)c1. The van der Waals surface area contributed by atoms with Crippen LogP contribution >= 0.6 is 11.8 Å². The number of amides is 1. The summed E-state index contributed by atoms with van der Waals surface area (Å²) in [5.74, 6) is 1.05. The Morgan fingerprint density at radius 3 is 2.62 bits per heavy atom. The van der Waals surface area contributed by atoms with Crippen LogP contribution in [0.5, 0.6) is 0 Å². The molecule has 0 bridgehead atoms. The van der Waals surface area contributed by atoms with Crippen molar-refractivity contribution in [3.63, 3.8) is 0 Å². The van der Waals surface area contributed by atoms with Crippen molar-refractivity contribution in [1.82, 2.24) is 14.8 Å². The normalized spacial score (nSPS) is 10.7. The zero-order valence-electron chi connectivity index (χ0n) is 13.3. The molecule has 0 aliphatic heterocycles. The first kappa shape index (κ1) is 16.3. The summed E-state index contributed by atoms with van der Waals surface area (Å²) in [5, 5.41) is 9.45. The third-order valence-corrected chi connectivity index (χ3v) is 4.43. The van der Waals surface area contributed by atoms with Gasteiger partial charge in [0.05, 0.1) is 0 Å². The van der Waals surface area contributed by atoms with Crippen molar-refractivity contribution in [2.45, 2.75) is 18.5 Å². The van der Waals surface area contributed by atoms with E-state index in [-0.39, 0.29) is 5.91 Å². The lowest BCUT2D eigenvalue weighted by molar-refractivity contribution is -0.117. The summed E-state index contributed by atoms with van der Waals surface area (Å²) in [4.78, 5) is 11.0. The highest BCUT2D eigenvalue weighted by Gasteiger charge is 2.16. The van der Waals surface area contributed by atoms with Gasteiger partial charge in [-0.25, -0.2) is 0 Å². The van der Waals surface area contributed by atoms with Crippen molar-refractivity contribution in [2.75, 3.05) is 5.75 Å². The van der Waals surface area contributed by atoms with E-state index in [2.05, 4.69) is 29.3 Å². The van der Waals surface area contributed by atoms with Crippen LogP contribution in [-0.4, -0.2) is 26.4 Å². The molecule has 24 heavy (non-hydrogen) atoms. The molecule has 3 rings (SSSR count). The number of primary amides is 1. The molecule has 3 aromatic rings. The van der Waals surface area contributed by atoms with Gasteiger partial charge in [-0.2, -0.15) is 0 Å². The minimum absolute atomic E-state index is 0.312. The second-order valence-corrected chi connectivity index (χ2v) is 6.47.